The Morgan fingerprint density at radius 1 is 1.10 bits per heavy atom. The van der Waals surface area contributed by atoms with Gasteiger partial charge in [0.2, 0.25) is 0 Å². The van der Waals surface area contributed by atoms with Crippen molar-refractivity contribution in [1.82, 2.24) is 0 Å². The standard InChI is InChI=1S/C14H13Br2NO2S/c15-10-6-12-11(18-2-1-3-19-12)5-9(10)14(17)8-4-13(16)20-7-8/h4-7,14H,1-3,17H2. The maximum absolute atomic E-state index is 6.36. The lowest BCUT2D eigenvalue weighted by molar-refractivity contribution is 0.297. The number of rotatable bonds is 2. The average Bonchev–Trinajstić information content (AvgIpc) is 2.73. The summed E-state index contributed by atoms with van der Waals surface area (Å²) in [7, 11) is 0. The number of ether oxygens (including phenoxy) is 2. The van der Waals surface area contributed by atoms with Crippen molar-refractivity contribution < 1.29 is 9.47 Å². The summed E-state index contributed by atoms with van der Waals surface area (Å²) in [4.78, 5) is 0. The van der Waals surface area contributed by atoms with Gasteiger partial charge in [-0.2, -0.15) is 0 Å². The second kappa shape index (κ2) is 6.05. The van der Waals surface area contributed by atoms with Gasteiger partial charge >= 0.3 is 0 Å². The van der Waals surface area contributed by atoms with Gasteiger partial charge in [0, 0.05) is 10.9 Å². The van der Waals surface area contributed by atoms with E-state index in [0.29, 0.717) is 13.2 Å². The lowest BCUT2D eigenvalue weighted by Gasteiger charge is -2.16. The van der Waals surface area contributed by atoms with E-state index in [1.54, 1.807) is 11.3 Å². The Kier molecular flexibility index (Phi) is 4.35. The minimum absolute atomic E-state index is 0.191. The van der Waals surface area contributed by atoms with Crippen molar-refractivity contribution in [2.45, 2.75) is 12.5 Å². The fraction of sp³-hybridized carbons (Fsp3) is 0.286. The fourth-order valence-corrected chi connectivity index (χ4v) is 3.89. The third-order valence-corrected chi connectivity index (χ3v) is 5.36. The zero-order valence-electron chi connectivity index (χ0n) is 10.6. The normalized spacial score (nSPS) is 15.8. The van der Waals surface area contributed by atoms with E-state index >= 15 is 0 Å². The SMILES string of the molecule is NC(c1csc(Br)c1)c1cc2c(cc1Br)OCCCO2. The highest BCUT2D eigenvalue weighted by molar-refractivity contribution is 9.11. The molecule has 0 saturated carbocycles. The minimum atomic E-state index is -0.191. The van der Waals surface area contributed by atoms with Gasteiger partial charge in [-0.05, 0) is 50.6 Å². The number of halogens is 2. The zero-order valence-corrected chi connectivity index (χ0v) is 14.6. The van der Waals surface area contributed by atoms with Gasteiger partial charge in [0.25, 0.3) is 0 Å². The molecule has 0 aliphatic carbocycles. The van der Waals surface area contributed by atoms with Crippen LogP contribution in [0.4, 0.5) is 0 Å². The predicted molar refractivity (Wildman–Crippen MR) is 87.8 cm³/mol. The van der Waals surface area contributed by atoms with Gasteiger partial charge < -0.3 is 15.2 Å². The lowest BCUT2D eigenvalue weighted by Crippen LogP contribution is -2.12. The summed E-state index contributed by atoms with van der Waals surface area (Å²) >= 11 is 8.68. The first-order valence-electron chi connectivity index (χ1n) is 6.23. The molecular weight excluding hydrogens is 406 g/mol. The molecule has 1 aliphatic rings. The Morgan fingerprint density at radius 2 is 1.80 bits per heavy atom. The van der Waals surface area contributed by atoms with Crippen molar-refractivity contribution in [3.8, 4) is 11.5 Å². The Hall–Kier alpha value is -0.560. The van der Waals surface area contributed by atoms with Crippen molar-refractivity contribution in [3.63, 3.8) is 0 Å². The molecule has 20 heavy (non-hydrogen) atoms. The van der Waals surface area contributed by atoms with E-state index in [1.807, 2.05) is 18.2 Å². The van der Waals surface area contributed by atoms with Gasteiger partial charge in [-0.25, -0.2) is 0 Å². The van der Waals surface area contributed by atoms with E-state index < -0.39 is 0 Å². The van der Waals surface area contributed by atoms with Crippen LogP contribution in [0, 0.1) is 0 Å². The maximum atomic E-state index is 6.36. The number of benzene rings is 1. The molecule has 0 saturated heterocycles. The molecular formula is C14H13Br2NO2S. The number of hydrogen-bond acceptors (Lipinski definition) is 4. The number of hydrogen-bond donors (Lipinski definition) is 1. The van der Waals surface area contributed by atoms with Gasteiger partial charge in [0.15, 0.2) is 11.5 Å². The Labute approximate surface area is 138 Å². The van der Waals surface area contributed by atoms with Crippen LogP contribution in [0.2, 0.25) is 0 Å². The molecule has 1 aromatic heterocycles. The summed E-state index contributed by atoms with van der Waals surface area (Å²) in [5.41, 5.74) is 8.44. The van der Waals surface area contributed by atoms with Crippen LogP contribution in [0.25, 0.3) is 0 Å². The molecule has 1 aromatic carbocycles. The maximum Gasteiger partial charge on any atom is 0.162 e. The van der Waals surface area contributed by atoms with Crippen LogP contribution < -0.4 is 15.2 Å². The van der Waals surface area contributed by atoms with Crippen LogP contribution in [0.15, 0.2) is 31.8 Å². The molecule has 2 heterocycles. The van der Waals surface area contributed by atoms with Gasteiger partial charge in [-0.1, -0.05) is 15.9 Å². The molecule has 106 valence electrons. The van der Waals surface area contributed by atoms with E-state index in [-0.39, 0.29) is 6.04 Å². The third kappa shape index (κ3) is 2.88. The van der Waals surface area contributed by atoms with Crippen LogP contribution in [0.1, 0.15) is 23.6 Å². The summed E-state index contributed by atoms with van der Waals surface area (Å²) in [5.74, 6) is 1.54. The average molecular weight is 419 g/mol. The van der Waals surface area contributed by atoms with Crippen molar-refractivity contribution in [2.24, 2.45) is 5.73 Å². The topological polar surface area (TPSA) is 44.5 Å². The predicted octanol–water partition coefficient (Wildman–Crippen LogP) is 4.48. The van der Waals surface area contributed by atoms with E-state index in [9.17, 15) is 0 Å². The zero-order chi connectivity index (χ0) is 14.1. The summed E-state index contributed by atoms with van der Waals surface area (Å²) < 4.78 is 13.4. The first-order valence-corrected chi connectivity index (χ1v) is 8.70. The Bertz CT molecular complexity index is 630. The quantitative estimate of drug-likeness (QED) is 0.781. The van der Waals surface area contributed by atoms with E-state index in [0.717, 1.165) is 37.3 Å². The third-order valence-electron chi connectivity index (χ3n) is 3.15. The summed E-state index contributed by atoms with van der Waals surface area (Å²) in [5, 5.41) is 2.06. The molecule has 0 bridgehead atoms. The molecule has 1 unspecified atom stereocenters. The van der Waals surface area contributed by atoms with Crippen LogP contribution >= 0.6 is 43.2 Å². The molecule has 2 N–H and O–H groups in total. The Balaban J connectivity index is 1.99. The molecule has 6 heteroatoms. The lowest BCUT2D eigenvalue weighted by atomic mass is 10.0. The first kappa shape index (κ1) is 14.4. The highest BCUT2D eigenvalue weighted by Crippen LogP contribution is 2.39. The molecule has 0 fully saturated rings. The smallest absolute Gasteiger partial charge is 0.162 e. The number of nitrogens with two attached hydrogens (primary N) is 1. The van der Waals surface area contributed by atoms with Crippen molar-refractivity contribution >= 4 is 43.2 Å². The highest BCUT2D eigenvalue weighted by Gasteiger charge is 2.19. The molecule has 3 rings (SSSR count). The van der Waals surface area contributed by atoms with Crippen LogP contribution in [0.5, 0.6) is 11.5 Å². The summed E-state index contributed by atoms with van der Waals surface area (Å²) in [6.07, 6.45) is 0.894. The van der Waals surface area contributed by atoms with Gasteiger partial charge in [-0.15, -0.1) is 11.3 Å². The van der Waals surface area contributed by atoms with E-state index in [2.05, 4.69) is 37.2 Å². The molecule has 1 atom stereocenters. The van der Waals surface area contributed by atoms with Gasteiger partial charge in [-0.3, -0.25) is 0 Å². The molecule has 0 spiro atoms. The molecule has 0 amide bonds. The fourth-order valence-electron chi connectivity index (χ4n) is 2.10. The summed E-state index contributed by atoms with van der Waals surface area (Å²) in [6, 6.07) is 5.77. The second-order valence-electron chi connectivity index (χ2n) is 4.53. The summed E-state index contributed by atoms with van der Waals surface area (Å²) in [6.45, 7) is 1.36. The van der Waals surface area contributed by atoms with E-state index in [1.165, 1.54) is 0 Å². The monoisotopic (exact) mass is 417 g/mol. The molecule has 1 aliphatic heterocycles. The van der Waals surface area contributed by atoms with Crippen molar-refractivity contribution in [1.29, 1.82) is 0 Å². The van der Waals surface area contributed by atoms with Crippen molar-refractivity contribution in [3.05, 3.63) is 43.0 Å². The Morgan fingerprint density at radius 3 is 2.45 bits per heavy atom. The van der Waals surface area contributed by atoms with Crippen molar-refractivity contribution in [2.75, 3.05) is 13.2 Å². The highest BCUT2D eigenvalue weighted by atomic mass is 79.9. The molecule has 0 radical (unpaired) electrons. The largest absolute Gasteiger partial charge is 0.490 e. The second-order valence-corrected chi connectivity index (χ2v) is 7.68. The number of thiophene rings is 1. The van der Waals surface area contributed by atoms with Gasteiger partial charge in [0.1, 0.15) is 0 Å². The van der Waals surface area contributed by atoms with E-state index in [4.69, 9.17) is 15.2 Å². The number of fused-ring (bicyclic) bond motifs is 1. The minimum Gasteiger partial charge on any atom is -0.490 e. The van der Waals surface area contributed by atoms with Crippen LogP contribution in [0.3, 0.4) is 0 Å². The van der Waals surface area contributed by atoms with Crippen LogP contribution in [-0.4, -0.2) is 13.2 Å². The van der Waals surface area contributed by atoms with Gasteiger partial charge in [0.05, 0.1) is 23.0 Å². The van der Waals surface area contributed by atoms with Crippen LogP contribution in [-0.2, 0) is 0 Å². The molecule has 2 aromatic rings. The molecule has 3 nitrogen and oxygen atoms in total. The first-order chi connectivity index (χ1) is 9.65.